The fraction of sp³-hybridized carbons (Fsp3) is 0.571. The molecule has 3 rings (SSSR count). The fourth-order valence-electron chi connectivity index (χ4n) is 3.71. The highest BCUT2D eigenvalue weighted by molar-refractivity contribution is 7.10. The first-order valence-electron chi connectivity index (χ1n) is 6.90. The maximum absolute atomic E-state index is 12.2. The molecule has 5 unspecified atom stereocenters. The molecule has 0 aliphatic heterocycles. The Morgan fingerprint density at radius 1 is 1.40 bits per heavy atom. The summed E-state index contributed by atoms with van der Waals surface area (Å²) in [6.07, 6.45) is 2.88. The van der Waals surface area contributed by atoms with Crippen molar-refractivity contribution in [3.05, 3.63) is 22.4 Å². The van der Waals surface area contributed by atoms with Crippen LogP contribution >= 0.6 is 11.3 Å². The normalized spacial score (nSPS) is 33.0. The second-order valence-corrected chi connectivity index (χ2v) is 6.70. The van der Waals surface area contributed by atoms with Crippen molar-refractivity contribution in [1.29, 1.82) is 0 Å². The summed E-state index contributed by atoms with van der Waals surface area (Å²) >= 11 is 1.44. The summed E-state index contributed by atoms with van der Waals surface area (Å²) in [6, 6.07) is 2.71. The fourth-order valence-corrected chi connectivity index (χ4v) is 4.43. The van der Waals surface area contributed by atoms with Gasteiger partial charge in [0.2, 0.25) is 5.91 Å². The van der Waals surface area contributed by atoms with Crippen LogP contribution in [0.15, 0.2) is 17.5 Å². The molecule has 0 spiro atoms. The first-order chi connectivity index (χ1) is 9.58. The molecule has 4 N–H and O–H groups in total. The van der Waals surface area contributed by atoms with E-state index in [-0.39, 0.29) is 17.9 Å². The van der Waals surface area contributed by atoms with Gasteiger partial charge in [-0.05, 0) is 42.5 Å². The molecule has 5 atom stereocenters. The van der Waals surface area contributed by atoms with E-state index in [0.717, 1.165) is 24.1 Å². The molecule has 1 aromatic heterocycles. The number of hydrogen-bond acceptors (Lipinski definition) is 4. The lowest BCUT2D eigenvalue weighted by Crippen LogP contribution is -2.49. The molecule has 1 amide bonds. The van der Waals surface area contributed by atoms with E-state index in [1.54, 1.807) is 0 Å². The van der Waals surface area contributed by atoms with E-state index in [1.807, 2.05) is 17.5 Å². The Morgan fingerprint density at radius 3 is 2.80 bits per heavy atom. The zero-order chi connectivity index (χ0) is 14.3. The lowest BCUT2D eigenvalue weighted by molar-refractivity contribution is -0.144. The van der Waals surface area contributed by atoms with Crippen molar-refractivity contribution in [2.45, 2.75) is 31.3 Å². The zero-order valence-electron chi connectivity index (χ0n) is 11.0. The molecule has 2 bridgehead atoms. The topological polar surface area (TPSA) is 92.4 Å². The van der Waals surface area contributed by atoms with Crippen molar-refractivity contribution in [2.75, 3.05) is 0 Å². The average Bonchev–Trinajstić information content (AvgIpc) is 3.13. The number of thiophene rings is 1. The molecule has 5 nitrogen and oxygen atoms in total. The lowest BCUT2D eigenvalue weighted by Gasteiger charge is -2.29. The van der Waals surface area contributed by atoms with Gasteiger partial charge >= 0.3 is 5.97 Å². The van der Waals surface area contributed by atoms with Gasteiger partial charge in [0, 0.05) is 10.9 Å². The summed E-state index contributed by atoms with van der Waals surface area (Å²) in [5, 5.41) is 14.1. The minimum atomic E-state index is -0.799. The molecule has 1 heterocycles. The third-order valence-electron chi connectivity index (χ3n) is 4.64. The Hall–Kier alpha value is -1.40. The van der Waals surface area contributed by atoms with Gasteiger partial charge in [-0.3, -0.25) is 9.59 Å². The van der Waals surface area contributed by atoms with Gasteiger partial charge in [-0.2, -0.15) is 0 Å². The number of carboxylic acid groups (broad SMARTS) is 1. The average molecular weight is 294 g/mol. The zero-order valence-corrected chi connectivity index (χ0v) is 11.8. The van der Waals surface area contributed by atoms with Gasteiger partial charge in [0.1, 0.15) is 6.04 Å². The summed E-state index contributed by atoms with van der Waals surface area (Å²) in [5.74, 6) is -1.02. The highest BCUT2D eigenvalue weighted by Gasteiger charge is 2.51. The number of hydrogen-bond donors (Lipinski definition) is 3. The van der Waals surface area contributed by atoms with E-state index in [0.29, 0.717) is 5.92 Å². The molecule has 20 heavy (non-hydrogen) atoms. The van der Waals surface area contributed by atoms with Crippen molar-refractivity contribution >= 4 is 23.2 Å². The molecule has 0 radical (unpaired) electrons. The summed E-state index contributed by atoms with van der Waals surface area (Å²) in [4.78, 5) is 24.4. The van der Waals surface area contributed by atoms with Gasteiger partial charge in [-0.1, -0.05) is 6.07 Å². The van der Waals surface area contributed by atoms with Crippen molar-refractivity contribution in [3.8, 4) is 0 Å². The molecular formula is C14H18N2O3S. The van der Waals surface area contributed by atoms with Crippen molar-refractivity contribution in [3.63, 3.8) is 0 Å². The van der Waals surface area contributed by atoms with Crippen LogP contribution in [0, 0.1) is 17.8 Å². The van der Waals surface area contributed by atoms with E-state index >= 15 is 0 Å². The summed E-state index contributed by atoms with van der Waals surface area (Å²) < 4.78 is 0. The van der Waals surface area contributed by atoms with Gasteiger partial charge in [0.25, 0.3) is 0 Å². The minimum absolute atomic E-state index is 0.209. The second kappa shape index (κ2) is 5.18. The van der Waals surface area contributed by atoms with Crippen LogP contribution in [0.2, 0.25) is 0 Å². The largest absolute Gasteiger partial charge is 0.481 e. The number of carbonyl (C=O) groups excluding carboxylic acids is 1. The number of rotatable bonds is 4. The number of nitrogens with one attached hydrogen (secondary N) is 1. The number of nitrogens with two attached hydrogens (primary N) is 1. The van der Waals surface area contributed by atoms with Crippen molar-refractivity contribution in [1.82, 2.24) is 5.32 Å². The molecule has 108 valence electrons. The Balaban J connectivity index is 1.70. The monoisotopic (exact) mass is 294 g/mol. The quantitative estimate of drug-likeness (QED) is 0.782. The van der Waals surface area contributed by atoms with Crippen molar-refractivity contribution < 1.29 is 14.7 Å². The van der Waals surface area contributed by atoms with E-state index in [9.17, 15) is 14.7 Å². The smallest absolute Gasteiger partial charge is 0.308 e. The van der Waals surface area contributed by atoms with Crippen LogP contribution in [0.4, 0.5) is 0 Å². The van der Waals surface area contributed by atoms with E-state index in [4.69, 9.17) is 5.73 Å². The Labute approximate surface area is 121 Å². The molecule has 2 aliphatic rings. The summed E-state index contributed by atoms with van der Waals surface area (Å²) in [5.41, 5.74) is 5.93. The SMILES string of the molecule is NC(C(=O)NC1C2CCC(C2)C1C(=O)O)c1cccs1. The van der Waals surface area contributed by atoms with Crippen LogP contribution in [0.5, 0.6) is 0 Å². The number of amides is 1. The van der Waals surface area contributed by atoms with E-state index in [2.05, 4.69) is 5.32 Å². The number of fused-ring (bicyclic) bond motifs is 2. The minimum Gasteiger partial charge on any atom is -0.481 e. The standard InChI is InChI=1S/C14H18N2O3S/c15-11(9-2-1-5-20-9)13(17)16-12-8-4-3-7(6-8)10(12)14(18)19/h1-2,5,7-8,10-12H,3-4,6,15H2,(H,16,17)(H,18,19). The van der Waals surface area contributed by atoms with Gasteiger partial charge in [0.05, 0.1) is 5.92 Å². The van der Waals surface area contributed by atoms with Crippen molar-refractivity contribution in [2.24, 2.45) is 23.5 Å². The van der Waals surface area contributed by atoms with E-state index in [1.165, 1.54) is 11.3 Å². The Kier molecular flexibility index (Phi) is 3.52. The van der Waals surface area contributed by atoms with E-state index < -0.39 is 17.9 Å². The van der Waals surface area contributed by atoms with Crippen LogP contribution in [0.25, 0.3) is 0 Å². The van der Waals surface area contributed by atoms with Crippen LogP contribution in [0.1, 0.15) is 30.2 Å². The molecule has 2 aliphatic carbocycles. The van der Waals surface area contributed by atoms with Gasteiger partial charge in [-0.15, -0.1) is 11.3 Å². The summed E-state index contributed by atoms with van der Waals surface area (Å²) in [7, 11) is 0. The molecule has 6 heteroatoms. The van der Waals surface area contributed by atoms with Gasteiger partial charge < -0.3 is 16.2 Å². The number of aliphatic carboxylic acids is 1. The summed E-state index contributed by atoms with van der Waals surface area (Å²) in [6.45, 7) is 0. The third-order valence-corrected chi connectivity index (χ3v) is 5.60. The van der Waals surface area contributed by atoms with Crippen LogP contribution in [0.3, 0.4) is 0 Å². The van der Waals surface area contributed by atoms with Gasteiger partial charge in [-0.25, -0.2) is 0 Å². The lowest BCUT2D eigenvalue weighted by atomic mass is 9.84. The molecule has 2 saturated carbocycles. The molecule has 0 saturated heterocycles. The predicted molar refractivity (Wildman–Crippen MR) is 75.1 cm³/mol. The molecule has 1 aromatic rings. The Bertz CT molecular complexity index is 516. The maximum Gasteiger partial charge on any atom is 0.308 e. The third kappa shape index (κ3) is 2.23. The highest BCUT2D eigenvalue weighted by atomic mass is 32.1. The highest BCUT2D eigenvalue weighted by Crippen LogP contribution is 2.48. The van der Waals surface area contributed by atoms with Crippen LogP contribution in [-0.2, 0) is 9.59 Å². The van der Waals surface area contributed by atoms with Crippen LogP contribution < -0.4 is 11.1 Å². The molecule has 0 aromatic carbocycles. The first kappa shape index (κ1) is 13.6. The number of carboxylic acids is 1. The molecular weight excluding hydrogens is 276 g/mol. The van der Waals surface area contributed by atoms with Gasteiger partial charge in [0.15, 0.2) is 0 Å². The Morgan fingerprint density at radius 2 is 2.15 bits per heavy atom. The second-order valence-electron chi connectivity index (χ2n) is 5.72. The maximum atomic E-state index is 12.2. The first-order valence-corrected chi connectivity index (χ1v) is 7.78. The number of carbonyl (C=O) groups is 2. The molecule has 2 fully saturated rings. The van der Waals surface area contributed by atoms with Crippen LogP contribution in [-0.4, -0.2) is 23.0 Å². The predicted octanol–water partition coefficient (Wildman–Crippen LogP) is 1.36.